The van der Waals surface area contributed by atoms with Gasteiger partial charge in [0.2, 0.25) is 0 Å². The number of methoxy groups -OCH3 is 1. The summed E-state index contributed by atoms with van der Waals surface area (Å²) in [6.07, 6.45) is 0. The first-order valence-electron chi connectivity index (χ1n) is 7.19. The zero-order chi connectivity index (χ0) is 14.6. The molecule has 0 saturated heterocycles. The van der Waals surface area contributed by atoms with Crippen LogP contribution in [0.5, 0.6) is 0 Å². The molecule has 0 saturated carbocycles. The number of benzene rings is 1. The molecule has 1 rings (SSSR count). The molecule has 1 aromatic carbocycles. The molecule has 19 heavy (non-hydrogen) atoms. The lowest BCUT2D eigenvalue weighted by Gasteiger charge is -2.27. The minimum Gasteiger partial charge on any atom is -0.383 e. The second kappa shape index (κ2) is 7.06. The number of hydrogen-bond donors (Lipinski definition) is 1. The van der Waals surface area contributed by atoms with E-state index >= 15 is 0 Å². The van der Waals surface area contributed by atoms with E-state index in [1.54, 1.807) is 7.11 Å². The molecule has 0 heterocycles. The molecule has 2 unspecified atom stereocenters. The van der Waals surface area contributed by atoms with Gasteiger partial charge in [-0.05, 0) is 55.9 Å². The highest BCUT2D eigenvalue weighted by atomic mass is 16.5. The van der Waals surface area contributed by atoms with Crippen LogP contribution in [0.4, 0.5) is 0 Å². The van der Waals surface area contributed by atoms with Gasteiger partial charge in [0.1, 0.15) is 0 Å². The molecule has 0 fully saturated rings. The molecule has 0 aliphatic rings. The van der Waals surface area contributed by atoms with Crippen molar-refractivity contribution >= 4 is 0 Å². The molecule has 2 atom stereocenters. The molecule has 2 heteroatoms. The molecule has 1 N–H and O–H groups in total. The average molecular weight is 263 g/mol. The van der Waals surface area contributed by atoms with Crippen LogP contribution in [0.15, 0.2) is 12.1 Å². The molecule has 108 valence electrons. The quantitative estimate of drug-likeness (QED) is 0.839. The third-order valence-corrected chi connectivity index (χ3v) is 3.96. The van der Waals surface area contributed by atoms with Crippen LogP contribution in [0, 0.1) is 26.7 Å². The fourth-order valence-electron chi connectivity index (χ4n) is 2.47. The van der Waals surface area contributed by atoms with E-state index in [9.17, 15) is 0 Å². The van der Waals surface area contributed by atoms with Crippen molar-refractivity contribution < 1.29 is 4.74 Å². The topological polar surface area (TPSA) is 21.3 Å². The van der Waals surface area contributed by atoms with Crippen LogP contribution in [0.25, 0.3) is 0 Å². The summed E-state index contributed by atoms with van der Waals surface area (Å²) in [4.78, 5) is 0. The van der Waals surface area contributed by atoms with Gasteiger partial charge in [0.25, 0.3) is 0 Å². The van der Waals surface area contributed by atoms with Crippen LogP contribution in [-0.2, 0) is 4.74 Å². The van der Waals surface area contributed by atoms with E-state index in [-0.39, 0.29) is 0 Å². The number of rotatable bonds is 6. The van der Waals surface area contributed by atoms with Gasteiger partial charge in [0.15, 0.2) is 0 Å². The molecular formula is C17H29NO. The van der Waals surface area contributed by atoms with E-state index < -0.39 is 0 Å². The summed E-state index contributed by atoms with van der Waals surface area (Å²) in [5.74, 6) is 0.564. The fraction of sp³-hybridized carbons (Fsp3) is 0.647. The summed E-state index contributed by atoms with van der Waals surface area (Å²) >= 11 is 0. The summed E-state index contributed by atoms with van der Waals surface area (Å²) in [7, 11) is 1.77. The van der Waals surface area contributed by atoms with Crippen molar-refractivity contribution in [1.82, 2.24) is 5.32 Å². The Hall–Kier alpha value is -0.860. The fourth-order valence-corrected chi connectivity index (χ4v) is 2.47. The highest BCUT2D eigenvalue weighted by molar-refractivity contribution is 5.38. The maximum Gasteiger partial charge on any atom is 0.0618 e. The summed E-state index contributed by atoms with van der Waals surface area (Å²) < 4.78 is 5.31. The van der Waals surface area contributed by atoms with Gasteiger partial charge in [-0.1, -0.05) is 26.0 Å². The van der Waals surface area contributed by atoms with Crippen molar-refractivity contribution in [2.24, 2.45) is 5.92 Å². The molecule has 0 aromatic heterocycles. The lowest BCUT2D eigenvalue weighted by atomic mass is 9.95. The van der Waals surface area contributed by atoms with Gasteiger partial charge in [0.05, 0.1) is 6.61 Å². The Morgan fingerprint density at radius 2 is 1.58 bits per heavy atom. The van der Waals surface area contributed by atoms with Gasteiger partial charge in [0, 0.05) is 19.2 Å². The van der Waals surface area contributed by atoms with Gasteiger partial charge in [-0.25, -0.2) is 0 Å². The molecule has 0 aliphatic heterocycles. The lowest BCUT2D eigenvalue weighted by Crippen LogP contribution is -2.39. The summed E-state index contributed by atoms with van der Waals surface area (Å²) in [5, 5.41) is 3.70. The first-order valence-corrected chi connectivity index (χ1v) is 7.19. The van der Waals surface area contributed by atoms with Gasteiger partial charge >= 0.3 is 0 Å². The highest BCUT2D eigenvalue weighted by Gasteiger charge is 2.18. The SMILES string of the molecule is COCC(NC(C)c1cc(C)c(C)cc1C)C(C)C. The Labute approximate surface area is 118 Å². The summed E-state index contributed by atoms with van der Waals surface area (Å²) in [6, 6.07) is 5.33. The largest absolute Gasteiger partial charge is 0.383 e. The summed E-state index contributed by atoms with van der Waals surface area (Å²) in [5.41, 5.74) is 5.49. The van der Waals surface area contributed by atoms with Crippen LogP contribution < -0.4 is 5.32 Å². The molecule has 0 aliphatic carbocycles. The summed E-state index contributed by atoms with van der Waals surface area (Å²) in [6.45, 7) is 14.0. The third kappa shape index (κ3) is 4.32. The van der Waals surface area contributed by atoms with Crippen molar-refractivity contribution in [3.63, 3.8) is 0 Å². The van der Waals surface area contributed by atoms with Crippen molar-refractivity contribution in [1.29, 1.82) is 0 Å². The van der Waals surface area contributed by atoms with Crippen LogP contribution in [0.1, 0.15) is 49.1 Å². The van der Waals surface area contributed by atoms with E-state index in [2.05, 4.69) is 59.0 Å². The molecule has 0 bridgehead atoms. The van der Waals surface area contributed by atoms with Crippen LogP contribution >= 0.6 is 0 Å². The molecule has 0 amide bonds. The Morgan fingerprint density at radius 3 is 2.11 bits per heavy atom. The Kier molecular flexibility index (Phi) is 6.02. The third-order valence-electron chi connectivity index (χ3n) is 3.96. The van der Waals surface area contributed by atoms with Gasteiger partial charge in [-0.15, -0.1) is 0 Å². The van der Waals surface area contributed by atoms with E-state index in [1.165, 1.54) is 22.3 Å². The van der Waals surface area contributed by atoms with Crippen molar-refractivity contribution in [2.75, 3.05) is 13.7 Å². The second-order valence-corrected chi connectivity index (χ2v) is 5.99. The zero-order valence-corrected chi connectivity index (χ0v) is 13.5. The monoisotopic (exact) mass is 263 g/mol. The minimum atomic E-state index is 0.349. The zero-order valence-electron chi connectivity index (χ0n) is 13.5. The van der Waals surface area contributed by atoms with Gasteiger partial charge in [-0.2, -0.15) is 0 Å². The van der Waals surface area contributed by atoms with E-state index in [0.29, 0.717) is 18.0 Å². The Bertz CT molecular complexity index is 412. The maximum atomic E-state index is 5.31. The molecular weight excluding hydrogens is 234 g/mol. The lowest BCUT2D eigenvalue weighted by molar-refractivity contribution is 0.141. The Morgan fingerprint density at radius 1 is 1.00 bits per heavy atom. The maximum absolute atomic E-state index is 5.31. The minimum absolute atomic E-state index is 0.349. The van der Waals surface area contributed by atoms with Gasteiger partial charge < -0.3 is 10.1 Å². The number of ether oxygens (including phenoxy) is 1. The molecule has 2 nitrogen and oxygen atoms in total. The molecule has 1 aromatic rings. The molecule has 0 spiro atoms. The van der Waals surface area contributed by atoms with Crippen LogP contribution in [-0.4, -0.2) is 19.8 Å². The first-order chi connectivity index (χ1) is 8.86. The van der Waals surface area contributed by atoms with E-state index in [4.69, 9.17) is 4.74 Å². The standard InChI is InChI=1S/C17H29NO/c1-11(2)17(10-19-7)18-15(6)16-9-13(4)12(3)8-14(16)5/h8-9,11,15,17-18H,10H2,1-7H3. The predicted octanol–water partition coefficient (Wildman–Crippen LogP) is 3.93. The average Bonchev–Trinajstić information content (AvgIpc) is 2.32. The molecule has 0 radical (unpaired) electrons. The number of aryl methyl sites for hydroxylation is 3. The van der Waals surface area contributed by atoms with E-state index in [0.717, 1.165) is 6.61 Å². The normalized spacial score (nSPS) is 14.7. The van der Waals surface area contributed by atoms with Crippen molar-refractivity contribution in [3.05, 3.63) is 34.4 Å². The smallest absolute Gasteiger partial charge is 0.0618 e. The first kappa shape index (κ1) is 16.2. The number of hydrogen-bond acceptors (Lipinski definition) is 2. The number of nitrogens with one attached hydrogen (secondary N) is 1. The highest BCUT2D eigenvalue weighted by Crippen LogP contribution is 2.22. The van der Waals surface area contributed by atoms with E-state index in [1.807, 2.05) is 0 Å². The second-order valence-electron chi connectivity index (χ2n) is 5.99. The van der Waals surface area contributed by atoms with Crippen molar-refractivity contribution in [2.45, 2.75) is 53.6 Å². The predicted molar refractivity (Wildman–Crippen MR) is 82.7 cm³/mol. The van der Waals surface area contributed by atoms with Gasteiger partial charge in [-0.3, -0.25) is 0 Å². The van der Waals surface area contributed by atoms with Crippen molar-refractivity contribution in [3.8, 4) is 0 Å². The Balaban J connectivity index is 2.87. The van der Waals surface area contributed by atoms with Crippen LogP contribution in [0.3, 0.4) is 0 Å². The van der Waals surface area contributed by atoms with Crippen LogP contribution in [0.2, 0.25) is 0 Å².